The van der Waals surface area contributed by atoms with E-state index in [4.69, 9.17) is 5.11 Å². The van der Waals surface area contributed by atoms with Crippen molar-refractivity contribution >= 4 is 10.0 Å². The fourth-order valence-corrected chi connectivity index (χ4v) is 1.48. The SMILES string of the molecule is NS(=O)(=O)c1c(O)cccc1F. The van der Waals surface area contributed by atoms with Crippen LogP contribution in [0.4, 0.5) is 4.39 Å². The van der Waals surface area contributed by atoms with Crippen LogP contribution < -0.4 is 5.14 Å². The summed E-state index contributed by atoms with van der Waals surface area (Å²) in [6.07, 6.45) is 0. The van der Waals surface area contributed by atoms with Crippen molar-refractivity contribution in [3.05, 3.63) is 24.0 Å². The lowest BCUT2D eigenvalue weighted by Crippen LogP contribution is -2.14. The number of primary sulfonamides is 1. The summed E-state index contributed by atoms with van der Waals surface area (Å²) in [5.74, 6) is -1.74. The van der Waals surface area contributed by atoms with E-state index in [-0.39, 0.29) is 0 Å². The van der Waals surface area contributed by atoms with Crippen molar-refractivity contribution in [1.82, 2.24) is 0 Å². The van der Waals surface area contributed by atoms with Gasteiger partial charge in [-0.25, -0.2) is 17.9 Å². The second-order valence-electron chi connectivity index (χ2n) is 2.13. The molecule has 6 heteroatoms. The van der Waals surface area contributed by atoms with E-state index < -0.39 is 26.5 Å². The summed E-state index contributed by atoms with van der Waals surface area (Å²) < 4.78 is 34.0. The molecule has 0 saturated heterocycles. The standard InChI is InChI=1S/C6H6FNO3S/c7-4-2-1-3-5(9)6(4)12(8,10)11/h1-3,9H,(H2,8,10,11). The number of hydrogen-bond acceptors (Lipinski definition) is 3. The Hall–Kier alpha value is -1.14. The first kappa shape index (κ1) is 8.95. The topological polar surface area (TPSA) is 80.4 Å². The molecule has 0 aliphatic heterocycles. The van der Waals surface area contributed by atoms with Gasteiger partial charge in [0.05, 0.1) is 0 Å². The van der Waals surface area contributed by atoms with Crippen LogP contribution in [0, 0.1) is 5.82 Å². The van der Waals surface area contributed by atoms with E-state index in [2.05, 4.69) is 5.14 Å². The number of aromatic hydroxyl groups is 1. The van der Waals surface area contributed by atoms with Crippen LogP contribution >= 0.6 is 0 Å². The van der Waals surface area contributed by atoms with Gasteiger partial charge in [-0.05, 0) is 12.1 Å². The Bertz CT molecular complexity index is 381. The van der Waals surface area contributed by atoms with Gasteiger partial charge in [0.25, 0.3) is 0 Å². The quantitative estimate of drug-likeness (QED) is 0.664. The Balaban J connectivity index is 3.53. The number of hydrogen-bond donors (Lipinski definition) is 2. The van der Waals surface area contributed by atoms with Crippen LogP contribution in [0.5, 0.6) is 5.75 Å². The first-order valence-corrected chi connectivity index (χ1v) is 4.48. The summed E-state index contributed by atoms with van der Waals surface area (Å²) in [6, 6.07) is 3.13. The maximum atomic E-state index is 12.7. The maximum absolute atomic E-state index is 12.7. The highest BCUT2D eigenvalue weighted by atomic mass is 32.2. The number of halogens is 1. The lowest BCUT2D eigenvalue weighted by molar-refractivity contribution is 0.444. The lowest BCUT2D eigenvalue weighted by Gasteiger charge is -2.01. The Morgan fingerprint density at radius 2 is 2.00 bits per heavy atom. The molecule has 0 radical (unpaired) electrons. The Labute approximate surface area is 68.5 Å². The predicted molar refractivity (Wildman–Crippen MR) is 39.4 cm³/mol. The molecule has 0 unspecified atom stereocenters. The molecule has 3 N–H and O–H groups in total. The third kappa shape index (κ3) is 1.54. The van der Waals surface area contributed by atoms with E-state index in [0.29, 0.717) is 0 Å². The van der Waals surface area contributed by atoms with E-state index in [1.807, 2.05) is 0 Å². The van der Waals surface area contributed by atoms with Crippen molar-refractivity contribution in [3.63, 3.8) is 0 Å². The van der Waals surface area contributed by atoms with Crippen molar-refractivity contribution in [2.75, 3.05) is 0 Å². The first-order chi connectivity index (χ1) is 5.43. The molecular weight excluding hydrogens is 185 g/mol. The molecule has 0 saturated carbocycles. The van der Waals surface area contributed by atoms with Crippen molar-refractivity contribution in [3.8, 4) is 5.75 Å². The minimum Gasteiger partial charge on any atom is -0.506 e. The summed E-state index contributed by atoms with van der Waals surface area (Å²) in [5.41, 5.74) is 0. The molecule has 0 bridgehead atoms. The molecule has 1 aromatic rings. The normalized spacial score (nSPS) is 11.5. The van der Waals surface area contributed by atoms with Crippen LogP contribution in [0.15, 0.2) is 23.1 Å². The second-order valence-corrected chi connectivity index (χ2v) is 3.63. The molecule has 4 nitrogen and oxygen atoms in total. The van der Waals surface area contributed by atoms with Gasteiger partial charge >= 0.3 is 0 Å². The smallest absolute Gasteiger partial charge is 0.244 e. The predicted octanol–water partition coefficient (Wildman–Crippen LogP) is 0.179. The minimum absolute atomic E-state index is 0.683. The minimum atomic E-state index is -4.19. The highest BCUT2D eigenvalue weighted by molar-refractivity contribution is 7.89. The third-order valence-corrected chi connectivity index (χ3v) is 2.20. The molecule has 0 amide bonds. The fourth-order valence-electron chi connectivity index (χ4n) is 0.779. The summed E-state index contributed by atoms with van der Waals surface area (Å²) in [4.78, 5) is -0.870. The second kappa shape index (κ2) is 2.72. The van der Waals surface area contributed by atoms with Crippen molar-refractivity contribution in [2.45, 2.75) is 4.90 Å². The molecule has 0 aromatic heterocycles. The highest BCUT2D eigenvalue weighted by Gasteiger charge is 2.18. The van der Waals surface area contributed by atoms with Gasteiger partial charge < -0.3 is 5.11 Å². The highest BCUT2D eigenvalue weighted by Crippen LogP contribution is 2.23. The van der Waals surface area contributed by atoms with Gasteiger partial charge in [-0.15, -0.1) is 0 Å². The molecule has 1 aromatic carbocycles. The number of phenolic OH excluding ortho intramolecular Hbond substituents is 1. The van der Waals surface area contributed by atoms with Crippen LogP contribution in [-0.2, 0) is 10.0 Å². The van der Waals surface area contributed by atoms with E-state index >= 15 is 0 Å². The first-order valence-electron chi connectivity index (χ1n) is 2.93. The summed E-state index contributed by atoms with van der Waals surface area (Å²) in [7, 11) is -4.19. The maximum Gasteiger partial charge on any atom is 0.244 e. The number of benzene rings is 1. The Morgan fingerprint density at radius 3 is 2.33 bits per heavy atom. The van der Waals surface area contributed by atoms with Gasteiger partial charge in [-0.1, -0.05) is 6.07 Å². The Kier molecular flexibility index (Phi) is 2.03. The molecule has 0 fully saturated rings. The molecule has 0 heterocycles. The average Bonchev–Trinajstić information content (AvgIpc) is 1.82. The summed E-state index contributed by atoms with van der Waals surface area (Å²) in [5, 5.41) is 13.6. The van der Waals surface area contributed by atoms with Gasteiger partial charge in [-0.3, -0.25) is 0 Å². The number of sulfonamides is 1. The molecule has 12 heavy (non-hydrogen) atoms. The largest absolute Gasteiger partial charge is 0.506 e. The van der Waals surface area contributed by atoms with Gasteiger partial charge in [0, 0.05) is 0 Å². The van der Waals surface area contributed by atoms with Crippen LogP contribution in [0.25, 0.3) is 0 Å². The summed E-state index contributed by atoms with van der Waals surface area (Å²) in [6.45, 7) is 0. The Morgan fingerprint density at radius 1 is 1.42 bits per heavy atom. The fraction of sp³-hybridized carbons (Fsp3) is 0. The van der Waals surface area contributed by atoms with Gasteiger partial charge in [0.2, 0.25) is 10.0 Å². The van der Waals surface area contributed by atoms with Gasteiger partial charge in [0.1, 0.15) is 11.6 Å². The van der Waals surface area contributed by atoms with Crippen LogP contribution in [0.1, 0.15) is 0 Å². The molecule has 0 atom stereocenters. The number of nitrogens with two attached hydrogens (primary N) is 1. The van der Waals surface area contributed by atoms with Crippen LogP contribution in [-0.4, -0.2) is 13.5 Å². The van der Waals surface area contributed by atoms with Crippen molar-refractivity contribution < 1.29 is 17.9 Å². The monoisotopic (exact) mass is 191 g/mol. The van der Waals surface area contributed by atoms with Crippen LogP contribution in [0.3, 0.4) is 0 Å². The molecule has 0 aliphatic carbocycles. The third-order valence-electron chi connectivity index (χ3n) is 1.23. The molecule has 0 spiro atoms. The summed E-state index contributed by atoms with van der Waals surface area (Å²) >= 11 is 0. The molecule has 66 valence electrons. The van der Waals surface area contributed by atoms with Crippen molar-refractivity contribution in [1.29, 1.82) is 0 Å². The average molecular weight is 191 g/mol. The van der Waals surface area contributed by atoms with Gasteiger partial charge in [0.15, 0.2) is 4.90 Å². The number of phenols is 1. The zero-order chi connectivity index (χ0) is 9.35. The zero-order valence-electron chi connectivity index (χ0n) is 5.86. The molecule has 0 aliphatic rings. The van der Waals surface area contributed by atoms with E-state index in [1.165, 1.54) is 6.07 Å². The van der Waals surface area contributed by atoms with E-state index in [1.54, 1.807) is 0 Å². The molecule has 1 rings (SSSR count). The van der Waals surface area contributed by atoms with E-state index in [0.717, 1.165) is 12.1 Å². The zero-order valence-corrected chi connectivity index (χ0v) is 6.68. The van der Waals surface area contributed by atoms with E-state index in [9.17, 15) is 12.8 Å². The van der Waals surface area contributed by atoms with Crippen molar-refractivity contribution in [2.24, 2.45) is 5.14 Å². The molecular formula is C6H6FNO3S. The van der Waals surface area contributed by atoms with Crippen LogP contribution in [0.2, 0.25) is 0 Å². The van der Waals surface area contributed by atoms with Gasteiger partial charge in [-0.2, -0.15) is 0 Å². The lowest BCUT2D eigenvalue weighted by atomic mass is 10.3. The number of rotatable bonds is 1.